The Morgan fingerprint density at radius 2 is 2.07 bits per heavy atom. The van der Waals surface area contributed by atoms with E-state index in [9.17, 15) is 14.7 Å². The van der Waals surface area contributed by atoms with Crippen molar-refractivity contribution in [2.45, 2.75) is 37.5 Å². The fraction of sp³-hybridized carbons (Fsp3) is 0.600. The summed E-state index contributed by atoms with van der Waals surface area (Å²) in [4.78, 5) is 22.3. The summed E-state index contributed by atoms with van der Waals surface area (Å²) in [7, 11) is 0. The second-order valence-electron chi connectivity index (χ2n) is 4.02. The van der Waals surface area contributed by atoms with Gasteiger partial charge < -0.3 is 9.63 Å². The maximum Gasteiger partial charge on any atom is 0.317 e. The van der Waals surface area contributed by atoms with Crippen LogP contribution >= 0.6 is 0 Å². The van der Waals surface area contributed by atoms with Crippen LogP contribution in [0.1, 0.15) is 37.9 Å². The van der Waals surface area contributed by atoms with Crippen LogP contribution in [-0.2, 0) is 10.2 Å². The zero-order chi connectivity index (χ0) is 10.9. The molecule has 0 aliphatic heterocycles. The summed E-state index contributed by atoms with van der Waals surface area (Å²) in [6.07, 6.45) is 3.86. The van der Waals surface area contributed by atoms with Crippen molar-refractivity contribution in [2.75, 3.05) is 0 Å². The highest BCUT2D eigenvalue weighted by molar-refractivity contribution is 5.80. The average Bonchev–Trinajstić information content (AvgIpc) is 2.66. The molecule has 1 fully saturated rings. The topological polar surface area (TPSA) is 83.3 Å². The lowest BCUT2D eigenvalue weighted by Gasteiger charge is -2.30. The van der Waals surface area contributed by atoms with Crippen molar-refractivity contribution >= 4 is 5.97 Å². The van der Waals surface area contributed by atoms with Crippen molar-refractivity contribution in [3.63, 3.8) is 0 Å². The Kier molecular flexibility index (Phi) is 2.38. The molecule has 1 saturated carbocycles. The van der Waals surface area contributed by atoms with E-state index in [4.69, 9.17) is 4.52 Å². The van der Waals surface area contributed by atoms with Crippen LogP contribution < -0.4 is 5.56 Å². The highest BCUT2D eigenvalue weighted by Crippen LogP contribution is 2.39. The quantitative estimate of drug-likeness (QED) is 0.771. The molecule has 0 unspecified atom stereocenters. The second kappa shape index (κ2) is 3.56. The zero-order valence-electron chi connectivity index (χ0n) is 8.28. The Balaban J connectivity index is 2.41. The van der Waals surface area contributed by atoms with E-state index in [1.165, 1.54) is 6.07 Å². The van der Waals surface area contributed by atoms with Crippen LogP contribution in [0.25, 0.3) is 0 Å². The van der Waals surface area contributed by atoms with Crippen molar-refractivity contribution in [1.82, 2.24) is 5.16 Å². The number of aliphatic carboxylic acids is 1. The Morgan fingerprint density at radius 1 is 1.40 bits per heavy atom. The predicted octanol–water partition coefficient (Wildman–Crippen LogP) is 1.25. The lowest BCUT2D eigenvalue weighted by atomic mass is 9.72. The minimum Gasteiger partial charge on any atom is -0.480 e. The average molecular weight is 211 g/mol. The monoisotopic (exact) mass is 211 g/mol. The summed E-state index contributed by atoms with van der Waals surface area (Å²) in [5.74, 6) is -0.635. The van der Waals surface area contributed by atoms with Crippen LogP contribution in [0.2, 0.25) is 0 Å². The number of carboxylic acids is 1. The van der Waals surface area contributed by atoms with Crippen LogP contribution in [-0.4, -0.2) is 16.2 Å². The predicted molar refractivity (Wildman–Crippen MR) is 51.7 cm³/mol. The first kappa shape index (κ1) is 10.0. The summed E-state index contributed by atoms with van der Waals surface area (Å²) in [6, 6.07) is 1.25. The molecule has 5 nitrogen and oxygen atoms in total. The van der Waals surface area contributed by atoms with Gasteiger partial charge in [0.1, 0.15) is 5.41 Å². The van der Waals surface area contributed by atoms with E-state index >= 15 is 0 Å². The number of nitrogens with one attached hydrogen (secondary N) is 1. The number of aromatic amines is 1. The lowest BCUT2D eigenvalue weighted by molar-refractivity contribution is -0.146. The van der Waals surface area contributed by atoms with E-state index in [0.29, 0.717) is 12.8 Å². The molecule has 1 aromatic rings. The molecule has 1 heterocycles. The number of hydrogen-bond acceptors (Lipinski definition) is 3. The number of carbonyl (C=O) groups is 1. The van der Waals surface area contributed by atoms with Gasteiger partial charge in [-0.25, -0.2) is 0 Å². The molecule has 0 bridgehead atoms. The summed E-state index contributed by atoms with van der Waals surface area (Å²) in [5, 5.41) is 11.4. The van der Waals surface area contributed by atoms with Crippen LogP contribution in [0.15, 0.2) is 15.4 Å². The fourth-order valence-electron chi connectivity index (χ4n) is 2.24. The number of H-pyrrole nitrogens is 1. The molecule has 82 valence electrons. The van der Waals surface area contributed by atoms with Gasteiger partial charge in [-0.05, 0) is 12.8 Å². The van der Waals surface area contributed by atoms with Gasteiger partial charge in [0.05, 0.1) is 0 Å². The van der Waals surface area contributed by atoms with Crippen LogP contribution in [0, 0.1) is 0 Å². The normalized spacial score (nSPS) is 20.0. The molecule has 0 aromatic carbocycles. The molecule has 2 rings (SSSR count). The standard InChI is InChI=1S/C10H13NO4/c12-8-6-7(15-11-8)10(9(13)14)4-2-1-3-5-10/h6H,1-5H2,(H,11,12)(H,13,14). The van der Waals surface area contributed by atoms with E-state index in [-0.39, 0.29) is 11.3 Å². The van der Waals surface area contributed by atoms with E-state index in [1.54, 1.807) is 0 Å². The molecule has 1 aromatic heterocycles. The highest BCUT2D eigenvalue weighted by Gasteiger charge is 2.44. The van der Waals surface area contributed by atoms with E-state index in [1.807, 2.05) is 0 Å². The summed E-state index contributed by atoms with van der Waals surface area (Å²) >= 11 is 0. The van der Waals surface area contributed by atoms with Gasteiger partial charge in [-0.3, -0.25) is 9.59 Å². The first-order chi connectivity index (χ1) is 7.15. The molecule has 0 radical (unpaired) electrons. The van der Waals surface area contributed by atoms with Gasteiger partial charge in [-0.2, -0.15) is 5.16 Å². The molecule has 1 aliphatic carbocycles. The molecule has 15 heavy (non-hydrogen) atoms. The zero-order valence-corrected chi connectivity index (χ0v) is 8.28. The van der Waals surface area contributed by atoms with Gasteiger partial charge in [0.15, 0.2) is 5.76 Å². The van der Waals surface area contributed by atoms with Gasteiger partial charge in [-0.15, -0.1) is 0 Å². The summed E-state index contributed by atoms with van der Waals surface area (Å²) in [6.45, 7) is 0. The largest absolute Gasteiger partial charge is 0.480 e. The van der Waals surface area contributed by atoms with Crippen molar-refractivity contribution in [3.8, 4) is 0 Å². The molecule has 2 N–H and O–H groups in total. The van der Waals surface area contributed by atoms with E-state index < -0.39 is 11.4 Å². The molecule has 0 saturated heterocycles. The molecular weight excluding hydrogens is 198 g/mol. The maximum absolute atomic E-state index is 11.3. The van der Waals surface area contributed by atoms with Crippen molar-refractivity contribution < 1.29 is 14.4 Å². The minimum atomic E-state index is -0.989. The lowest BCUT2D eigenvalue weighted by Crippen LogP contribution is -2.37. The van der Waals surface area contributed by atoms with Gasteiger partial charge in [-0.1, -0.05) is 19.3 Å². The van der Waals surface area contributed by atoms with Gasteiger partial charge in [0.25, 0.3) is 5.56 Å². The number of aromatic nitrogens is 1. The molecule has 0 atom stereocenters. The first-order valence-electron chi connectivity index (χ1n) is 5.07. The molecule has 0 spiro atoms. The minimum absolute atomic E-state index is 0.264. The molecular formula is C10H13NO4. The third-order valence-corrected chi connectivity index (χ3v) is 3.11. The fourth-order valence-corrected chi connectivity index (χ4v) is 2.24. The molecule has 1 aliphatic rings. The Bertz CT molecular complexity index is 411. The van der Waals surface area contributed by atoms with E-state index in [2.05, 4.69) is 5.16 Å². The van der Waals surface area contributed by atoms with Gasteiger partial charge in [0.2, 0.25) is 0 Å². The third-order valence-electron chi connectivity index (χ3n) is 3.11. The molecule has 0 amide bonds. The maximum atomic E-state index is 11.3. The molecule has 5 heteroatoms. The smallest absolute Gasteiger partial charge is 0.317 e. The van der Waals surface area contributed by atoms with Crippen LogP contribution in [0.4, 0.5) is 0 Å². The summed E-state index contributed by atoms with van der Waals surface area (Å²) < 4.78 is 4.95. The van der Waals surface area contributed by atoms with Crippen molar-refractivity contribution in [1.29, 1.82) is 0 Å². The number of hydrogen-bond donors (Lipinski definition) is 2. The van der Waals surface area contributed by atoms with Gasteiger partial charge in [0, 0.05) is 6.07 Å². The Hall–Kier alpha value is -1.52. The summed E-state index contributed by atoms with van der Waals surface area (Å²) in [5.41, 5.74) is -1.37. The SMILES string of the molecule is O=C(O)C1(c2cc(=O)[nH]o2)CCCCC1. The number of carboxylic acid groups (broad SMARTS) is 1. The van der Waals surface area contributed by atoms with E-state index in [0.717, 1.165) is 19.3 Å². The van der Waals surface area contributed by atoms with Crippen molar-refractivity contribution in [3.05, 3.63) is 22.2 Å². The first-order valence-corrected chi connectivity index (χ1v) is 5.07. The highest BCUT2D eigenvalue weighted by atomic mass is 16.5. The Morgan fingerprint density at radius 3 is 2.53 bits per heavy atom. The second-order valence-corrected chi connectivity index (χ2v) is 4.02. The van der Waals surface area contributed by atoms with Gasteiger partial charge >= 0.3 is 5.97 Å². The number of rotatable bonds is 2. The Labute approximate surface area is 86.1 Å². The van der Waals surface area contributed by atoms with Crippen molar-refractivity contribution in [2.24, 2.45) is 0 Å². The third kappa shape index (κ3) is 1.58. The van der Waals surface area contributed by atoms with Crippen LogP contribution in [0.5, 0.6) is 0 Å². The van der Waals surface area contributed by atoms with Crippen LogP contribution in [0.3, 0.4) is 0 Å².